The summed E-state index contributed by atoms with van der Waals surface area (Å²) in [4.78, 5) is 0. The van der Waals surface area contributed by atoms with E-state index in [1.807, 2.05) is 52.0 Å². The Morgan fingerprint density at radius 1 is 0.900 bits per heavy atom. The van der Waals surface area contributed by atoms with Crippen molar-refractivity contribution in [2.45, 2.75) is 40.2 Å². The van der Waals surface area contributed by atoms with Crippen molar-refractivity contribution in [1.29, 1.82) is 0 Å². The van der Waals surface area contributed by atoms with Crippen molar-refractivity contribution in [1.82, 2.24) is 0 Å². The Hall–Kier alpha value is -1.67. The number of aliphatic hydroxyl groups is 1. The van der Waals surface area contributed by atoms with Gasteiger partial charge in [-0.1, -0.05) is 24.3 Å². The zero-order valence-electron chi connectivity index (χ0n) is 12.7. The average Bonchev–Trinajstić information content (AvgIpc) is 2.30. The fourth-order valence-electron chi connectivity index (χ4n) is 2.72. The summed E-state index contributed by atoms with van der Waals surface area (Å²) in [5.74, 6) is -0.356. The molecule has 0 aliphatic carbocycles. The van der Waals surface area contributed by atoms with E-state index in [1.165, 1.54) is 6.07 Å². The number of hydrogen-bond acceptors (Lipinski definition) is 1. The summed E-state index contributed by atoms with van der Waals surface area (Å²) in [6.07, 6.45) is 0. The molecule has 0 saturated carbocycles. The first-order valence-electron chi connectivity index (χ1n) is 6.81. The van der Waals surface area contributed by atoms with E-state index in [4.69, 9.17) is 0 Å². The van der Waals surface area contributed by atoms with Gasteiger partial charge in [-0.05, 0) is 68.5 Å². The van der Waals surface area contributed by atoms with Gasteiger partial charge in [0.25, 0.3) is 0 Å². The highest BCUT2D eigenvalue weighted by molar-refractivity contribution is 5.44. The van der Waals surface area contributed by atoms with E-state index in [2.05, 4.69) is 0 Å². The lowest BCUT2D eigenvalue weighted by atomic mass is 9.83. The minimum Gasteiger partial charge on any atom is -0.381 e. The standard InChI is InChI=1S/C18H21FO/c1-11-8-14(4)17(16(19)9-11)18(5,20)15-7-6-12(2)13(3)10-15/h6-10,20H,1-5H3. The molecule has 0 radical (unpaired) electrons. The monoisotopic (exact) mass is 272 g/mol. The highest BCUT2D eigenvalue weighted by Gasteiger charge is 2.30. The van der Waals surface area contributed by atoms with Gasteiger partial charge in [0.1, 0.15) is 11.4 Å². The Morgan fingerprint density at radius 2 is 1.55 bits per heavy atom. The minimum absolute atomic E-state index is 0.353. The molecule has 0 heterocycles. The summed E-state index contributed by atoms with van der Waals surface area (Å²) in [7, 11) is 0. The molecule has 20 heavy (non-hydrogen) atoms. The van der Waals surface area contributed by atoms with Crippen LogP contribution >= 0.6 is 0 Å². The topological polar surface area (TPSA) is 20.2 Å². The van der Waals surface area contributed by atoms with Gasteiger partial charge < -0.3 is 5.11 Å². The van der Waals surface area contributed by atoms with E-state index in [1.54, 1.807) is 6.92 Å². The fraction of sp³-hybridized carbons (Fsp3) is 0.333. The van der Waals surface area contributed by atoms with Gasteiger partial charge in [-0.3, -0.25) is 0 Å². The van der Waals surface area contributed by atoms with Gasteiger partial charge in [-0.25, -0.2) is 4.39 Å². The van der Waals surface area contributed by atoms with Crippen molar-refractivity contribution in [2.75, 3.05) is 0 Å². The fourth-order valence-corrected chi connectivity index (χ4v) is 2.72. The molecule has 0 spiro atoms. The van der Waals surface area contributed by atoms with Gasteiger partial charge in [0.2, 0.25) is 0 Å². The van der Waals surface area contributed by atoms with Crippen LogP contribution in [0.4, 0.5) is 4.39 Å². The molecule has 0 bridgehead atoms. The van der Waals surface area contributed by atoms with Crippen LogP contribution in [0.1, 0.15) is 40.3 Å². The molecule has 1 nitrogen and oxygen atoms in total. The van der Waals surface area contributed by atoms with Crippen LogP contribution in [-0.4, -0.2) is 5.11 Å². The maximum absolute atomic E-state index is 14.3. The molecular weight excluding hydrogens is 251 g/mol. The minimum atomic E-state index is -1.33. The second kappa shape index (κ2) is 5.02. The van der Waals surface area contributed by atoms with Crippen LogP contribution in [0, 0.1) is 33.5 Å². The van der Waals surface area contributed by atoms with E-state index in [-0.39, 0.29) is 5.82 Å². The smallest absolute Gasteiger partial charge is 0.130 e. The number of rotatable bonds is 2. The van der Waals surface area contributed by atoms with Gasteiger partial charge in [-0.2, -0.15) is 0 Å². The van der Waals surface area contributed by atoms with Gasteiger partial charge >= 0.3 is 0 Å². The van der Waals surface area contributed by atoms with Gasteiger partial charge in [0.15, 0.2) is 0 Å². The van der Waals surface area contributed by atoms with E-state index < -0.39 is 5.60 Å². The normalized spacial score (nSPS) is 14.2. The first-order chi connectivity index (χ1) is 9.23. The summed E-state index contributed by atoms with van der Waals surface area (Å²) >= 11 is 0. The van der Waals surface area contributed by atoms with Crippen molar-refractivity contribution >= 4 is 0 Å². The summed E-state index contributed by atoms with van der Waals surface area (Å²) in [5.41, 5.74) is 3.61. The molecule has 1 atom stereocenters. The molecule has 2 aromatic carbocycles. The number of benzene rings is 2. The highest BCUT2D eigenvalue weighted by atomic mass is 19.1. The first kappa shape index (κ1) is 14.7. The maximum atomic E-state index is 14.3. The molecular formula is C18H21FO. The van der Waals surface area contributed by atoms with Crippen molar-refractivity contribution in [3.8, 4) is 0 Å². The van der Waals surface area contributed by atoms with Gasteiger partial charge in [0, 0.05) is 5.56 Å². The Labute approximate surface area is 120 Å². The molecule has 2 aromatic rings. The quantitative estimate of drug-likeness (QED) is 0.863. The molecule has 0 aromatic heterocycles. The van der Waals surface area contributed by atoms with Crippen LogP contribution in [0.2, 0.25) is 0 Å². The Morgan fingerprint density at radius 3 is 2.10 bits per heavy atom. The van der Waals surface area contributed by atoms with E-state index in [0.717, 1.165) is 22.3 Å². The summed E-state index contributed by atoms with van der Waals surface area (Å²) in [5, 5.41) is 10.9. The molecule has 2 rings (SSSR count). The summed E-state index contributed by atoms with van der Waals surface area (Å²) in [6.45, 7) is 9.35. The lowest BCUT2D eigenvalue weighted by Gasteiger charge is -2.27. The number of hydrogen-bond donors (Lipinski definition) is 1. The number of aryl methyl sites for hydroxylation is 4. The molecule has 0 fully saturated rings. The van der Waals surface area contributed by atoms with Crippen LogP contribution < -0.4 is 0 Å². The highest BCUT2D eigenvalue weighted by Crippen LogP contribution is 2.34. The van der Waals surface area contributed by atoms with Crippen LogP contribution in [-0.2, 0) is 5.60 Å². The van der Waals surface area contributed by atoms with Crippen molar-refractivity contribution in [2.24, 2.45) is 0 Å². The third-order valence-corrected chi connectivity index (χ3v) is 3.99. The predicted octanol–water partition coefficient (Wildman–Crippen LogP) is 4.32. The largest absolute Gasteiger partial charge is 0.381 e. The molecule has 2 heteroatoms. The van der Waals surface area contributed by atoms with Crippen LogP contribution in [0.15, 0.2) is 30.3 Å². The van der Waals surface area contributed by atoms with Crippen LogP contribution in [0.3, 0.4) is 0 Å². The van der Waals surface area contributed by atoms with Crippen molar-refractivity contribution in [3.05, 3.63) is 69.5 Å². The Bertz CT molecular complexity index is 633. The molecule has 1 N–H and O–H groups in total. The summed E-state index contributed by atoms with van der Waals surface area (Å²) < 4.78 is 14.3. The third-order valence-electron chi connectivity index (χ3n) is 3.99. The van der Waals surface area contributed by atoms with E-state index >= 15 is 0 Å². The van der Waals surface area contributed by atoms with Crippen molar-refractivity contribution < 1.29 is 9.50 Å². The number of halogens is 1. The van der Waals surface area contributed by atoms with Crippen LogP contribution in [0.25, 0.3) is 0 Å². The predicted molar refractivity (Wildman–Crippen MR) is 80.5 cm³/mol. The SMILES string of the molecule is Cc1cc(C)c(C(C)(O)c2ccc(C)c(C)c2)c(F)c1. The van der Waals surface area contributed by atoms with Gasteiger partial charge in [0.05, 0.1) is 0 Å². The van der Waals surface area contributed by atoms with Crippen LogP contribution in [0.5, 0.6) is 0 Å². The second-order valence-corrected chi connectivity index (χ2v) is 5.81. The Kier molecular flexibility index (Phi) is 3.70. The molecule has 106 valence electrons. The van der Waals surface area contributed by atoms with E-state index in [0.29, 0.717) is 11.1 Å². The van der Waals surface area contributed by atoms with Gasteiger partial charge in [-0.15, -0.1) is 0 Å². The Balaban J connectivity index is 2.63. The average molecular weight is 272 g/mol. The molecule has 1 unspecified atom stereocenters. The summed E-state index contributed by atoms with van der Waals surface area (Å²) in [6, 6.07) is 9.11. The molecule has 0 aliphatic heterocycles. The lowest BCUT2D eigenvalue weighted by molar-refractivity contribution is 0.0971. The van der Waals surface area contributed by atoms with E-state index in [9.17, 15) is 9.50 Å². The maximum Gasteiger partial charge on any atom is 0.130 e. The zero-order chi connectivity index (χ0) is 15.1. The first-order valence-corrected chi connectivity index (χ1v) is 6.81. The van der Waals surface area contributed by atoms with Crippen molar-refractivity contribution in [3.63, 3.8) is 0 Å². The third kappa shape index (κ3) is 2.48. The lowest BCUT2D eigenvalue weighted by Crippen LogP contribution is -2.26. The second-order valence-electron chi connectivity index (χ2n) is 5.81. The molecule has 0 aliphatic rings. The molecule has 0 saturated heterocycles. The molecule has 0 amide bonds. The zero-order valence-corrected chi connectivity index (χ0v) is 12.7.